The largest absolute Gasteiger partial charge is 0.183 e. The summed E-state index contributed by atoms with van der Waals surface area (Å²) >= 11 is 13.2. The number of rotatable bonds is 2. The second kappa shape index (κ2) is 6.76. The van der Waals surface area contributed by atoms with E-state index in [2.05, 4.69) is 105 Å². The summed E-state index contributed by atoms with van der Waals surface area (Å²) in [5.41, 5.74) is 0. The van der Waals surface area contributed by atoms with Crippen LogP contribution in [-0.4, -0.2) is 8.07 Å². The molecule has 0 amide bonds. The van der Waals surface area contributed by atoms with Crippen LogP contribution in [0.2, 0.25) is 0 Å². The van der Waals surface area contributed by atoms with E-state index in [0.29, 0.717) is 0 Å². The second-order valence-electron chi connectivity index (χ2n) is 6.09. The monoisotopic (exact) mass is 534 g/mol. The molecular weight excluding hydrogens is 524 g/mol. The van der Waals surface area contributed by atoms with Crippen LogP contribution < -0.4 is 20.7 Å². The van der Waals surface area contributed by atoms with Crippen molar-refractivity contribution in [3.05, 3.63) is 80.4 Å². The van der Waals surface area contributed by atoms with Gasteiger partial charge in [-0.15, -0.1) is 22.7 Å². The SMILES string of the molecule is Brc1cc2c(s1)Sc1sc(Br)cc1[Si]2(c1ccccc1)c1ccccc1. The molecule has 4 aromatic rings. The standard InChI is InChI=1S/C20H12Br2S3Si/c21-17-11-15-19(23-17)25-20-16(12-18(22)24-20)26(15,13-7-3-1-4-8-13)14-9-5-2-6-10-14/h1-12H. The average molecular weight is 536 g/mol. The summed E-state index contributed by atoms with van der Waals surface area (Å²) in [7, 11) is -2.29. The van der Waals surface area contributed by atoms with E-state index < -0.39 is 8.07 Å². The van der Waals surface area contributed by atoms with Crippen molar-refractivity contribution in [3.8, 4) is 0 Å². The maximum Gasteiger partial charge on any atom is 0.183 e. The van der Waals surface area contributed by atoms with Gasteiger partial charge in [0.15, 0.2) is 8.07 Å². The lowest BCUT2D eigenvalue weighted by molar-refractivity contribution is 1.62. The molecule has 0 spiro atoms. The van der Waals surface area contributed by atoms with Crippen molar-refractivity contribution in [2.24, 2.45) is 0 Å². The Morgan fingerprint density at radius 1 is 0.615 bits per heavy atom. The minimum absolute atomic E-state index is 1.22. The van der Waals surface area contributed by atoms with E-state index >= 15 is 0 Å². The highest BCUT2D eigenvalue weighted by Crippen LogP contribution is 2.43. The summed E-state index contributed by atoms with van der Waals surface area (Å²) in [5, 5.41) is 5.92. The first-order chi connectivity index (χ1) is 12.7. The van der Waals surface area contributed by atoms with E-state index in [0.717, 1.165) is 0 Å². The van der Waals surface area contributed by atoms with Gasteiger partial charge in [0.1, 0.15) is 0 Å². The molecule has 128 valence electrons. The van der Waals surface area contributed by atoms with Gasteiger partial charge in [0.2, 0.25) is 0 Å². The zero-order valence-corrected chi connectivity index (χ0v) is 20.0. The number of hydrogen-bond acceptors (Lipinski definition) is 3. The van der Waals surface area contributed by atoms with Gasteiger partial charge in [-0.1, -0.05) is 72.4 Å². The van der Waals surface area contributed by atoms with E-state index in [1.807, 2.05) is 34.4 Å². The minimum Gasteiger partial charge on any atom is -0.122 e. The second-order valence-corrected chi connectivity index (χ2v) is 16.2. The molecule has 0 nitrogen and oxygen atoms in total. The van der Waals surface area contributed by atoms with Gasteiger partial charge in [-0.2, -0.15) is 0 Å². The van der Waals surface area contributed by atoms with Gasteiger partial charge in [-0.05, 0) is 64.7 Å². The predicted molar refractivity (Wildman–Crippen MR) is 125 cm³/mol. The Hall–Kier alpha value is -0.633. The Labute approximate surface area is 182 Å². The van der Waals surface area contributed by atoms with E-state index in [9.17, 15) is 0 Å². The molecule has 0 saturated carbocycles. The van der Waals surface area contributed by atoms with Crippen molar-refractivity contribution in [3.63, 3.8) is 0 Å². The van der Waals surface area contributed by atoms with Crippen molar-refractivity contribution in [2.45, 2.75) is 8.42 Å². The number of thiophene rings is 2. The molecule has 2 aromatic carbocycles. The minimum atomic E-state index is -2.29. The van der Waals surface area contributed by atoms with Gasteiger partial charge in [0.05, 0.1) is 16.0 Å². The maximum absolute atomic E-state index is 3.76. The van der Waals surface area contributed by atoms with Gasteiger partial charge in [0.25, 0.3) is 0 Å². The number of benzene rings is 2. The Bertz CT molecular complexity index is 999. The van der Waals surface area contributed by atoms with E-state index in [1.165, 1.54) is 36.7 Å². The predicted octanol–water partition coefficient (Wildman–Crippen LogP) is 5.18. The third-order valence-electron chi connectivity index (χ3n) is 4.74. The number of halogens is 2. The zero-order valence-electron chi connectivity index (χ0n) is 13.4. The highest BCUT2D eigenvalue weighted by Gasteiger charge is 2.48. The van der Waals surface area contributed by atoms with Crippen molar-refractivity contribution in [1.29, 1.82) is 0 Å². The zero-order chi connectivity index (χ0) is 17.7. The van der Waals surface area contributed by atoms with Crippen LogP contribution in [0.15, 0.2) is 88.8 Å². The summed E-state index contributed by atoms with van der Waals surface area (Å²) < 4.78 is 5.29. The molecule has 0 unspecified atom stereocenters. The lowest BCUT2D eigenvalue weighted by Crippen LogP contribution is -2.75. The van der Waals surface area contributed by atoms with Gasteiger partial charge in [0, 0.05) is 0 Å². The number of hydrogen-bond donors (Lipinski definition) is 0. The molecule has 0 saturated heterocycles. The molecule has 1 aliphatic rings. The Morgan fingerprint density at radius 2 is 1.04 bits per heavy atom. The van der Waals surface area contributed by atoms with Crippen LogP contribution in [0.25, 0.3) is 0 Å². The maximum atomic E-state index is 3.76. The third kappa shape index (κ3) is 2.58. The third-order valence-corrected chi connectivity index (χ3v) is 14.9. The summed E-state index contributed by atoms with van der Waals surface area (Å²) in [6.45, 7) is 0. The van der Waals surface area contributed by atoms with E-state index in [-0.39, 0.29) is 0 Å². The van der Waals surface area contributed by atoms with Crippen molar-refractivity contribution in [2.75, 3.05) is 0 Å². The van der Waals surface area contributed by atoms with E-state index in [4.69, 9.17) is 0 Å². The summed E-state index contributed by atoms with van der Waals surface area (Å²) in [6.07, 6.45) is 0. The summed E-state index contributed by atoms with van der Waals surface area (Å²) in [6, 6.07) is 27.0. The van der Waals surface area contributed by atoms with E-state index in [1.54, 1.807) is 0 Å². The fourth-order valence-electron chi connectivity index (χ4n) is 3.76. The van der Waals surface area contributed by atoms with Gasteiger partial charge in [-0.3, -0.25) is 0 Å². The molecule has 0 radical (unpaired) electrons. The topological polar surface area (TPSA) is 0 Å². The lowest BCUT2D eigenvalue weighted by atomic mass is 10.4. The smallest absolute Gasteiger partial charge is 0.122 e. The van der Waals surface area contributed by atoms with Crippen LogP contribution in [0.1, 0.15) is 0 Å². The van der Waals surface area contributed by atoms with Crippen LogP contribution in [0.4, 0.5) is 0 Å². The average Bonchev–Trinajstić information content (AvgIpc) is 3.22. The van der Waals surface area contributed by atoms with Gasteiger partial charge >= 0.3 is 0 Å². The first-order valence-electron chi connectivity index (χ1n) is 8.08. The molecule has 0 bridgehead atoms. The molecule has 3 heterocycles. The first kappa shape index (κ1) is 17.5. The van der Waals surface area contributed by atoms with Crippen LogP contribution >= 0.6 is 66.3 Å². The Morgan fingerprint density at radius 3 is 1.46 bits per heavy atom. The molecule has 2 aromatic heterocycles. The molecule has 0 aliphatic carbocycles. The molecule has 26 heavy (non-hydrogen) atoms. The highest BCUT2D eigenvalue weighted by atomic mass is 79.9. The number of fused-ring (bicyclic) bond motifs is 2. The lowest BCUT2D eigenvalue weighted by Gasteiger charge is -2.36. The molecule has 1 aliphatic heterocycles. The van der Waals surface area contributed by atoms with Gasteiger partial charge in [-0.25, -0.2) is 0 Å². The summed E-state index contributed by atoms with van der Waals surface area (Å²) in [4.78, 5) is 0. The first-order valence-corrected chi connectivity index (χ1v) is 14.1. The highest BCUT2D eigenvalue weighted by molar-refractivity contribution is 9.11. The van der Waals surface area contributed by atoms with Crippen LogP contribution in [0.5, 0.6) is 0 Å². The molecule has 0 atom stereocenters. The molecule has 6 heteroatoms. The Balaban J connectivity index is 1.96. The van der Waals surface area contributed by atoms with Crippen LogP contribution in [0.3, 0.4) is 0 Å². The summed E-state index contributed by atoms with van der Waals surface area (Å²) in [5.74, 6) is 0. The molecular formula is C20H12Br2S3Si. The van der Waals surface area contributed by atoms with Crippen molar-refractivity contribution in [1.82, 2.24) is 0 Å². The van der Waals surface area contributed by atoms with Crippen LogP contribution in [-0.2, 0) is 0 Å². The van der Waals surface area contributed by atoms with Gasteiger partial charge < -0.3 is 0 Å². The normalized spacial score (nSPS) is 14.7. The molecule has 0 N–H and O–H groups in total. The Kier molecular flexibility index (Phi) is 4.54. The van der Waals surface area contributed by atoms with Crippen LogP contribution in [0, 0.1) is 0 Å². The van der Waals surface area contributed by atoms with Crippen molar-refractivity contribution < 1.29 is 0 Å². The fourth-order valence-corrected chi connectivity index (χ4v) is 16.6. The fraction of sp³-hybridized carbons (Fsp3) is 0. The molecule has 0 fully saturated rings. The van der Waals surface area contributed by atoms with Crippen molar-refractivity contribution >= 4 is 95.1 Å². The quantitative estimate of drug-likeness (QED) is 0.281. The molecule has 5 rings (SSSR count).